The minimum atomic E-state index is -1.00. The minimum Gasteiger partial charge on any atom is -0.507 e. The Morgan fingerprint density at radius 1 is 1.11 bits per heavy atom. The normalized spacial score (nSPS) is 12.3. The first kappa shape index (κ1) is 23.8. The fourth-order valence-corrected chi connectivity index (χ4v) is 3.56. The standard InChI is InChI=1S/C24H26N6O5/c1-15-8-10-18(11-9-15)35-14-17(31)13-30-20-21(28(2)24(34)29(3)22(20)33)26-23(30)27-25-12-16-6-4-5-7-19(16)32/h4-12,17,31-32H,13-14H2,1-3H3,(H,26,27). The highest BCUT2D eigenvalue weighted by Crippen LogP contribution is 2.18. The maximum absolute atomic E-state index is 12.9. The summed E-state index contributed by atoms with van der Waals surface area (Å²) in [5.41, 5.74) is 3.50. The number of anilines is 1. The number of hydrogen-bond donors (Lipinski definition) is 3. The Kier molecular flexibility index (Phi) is 6.69. The van der Waals surface area contributed by atoms with Gasteiger partial charge in [0.2, 0.25) is 5.95 Å². The van der Waals surface area contributed by atoms with Gasteiger partial charge in [0.05, 0.1) is 12.8 Å². The van der Waals surface area contributed by atoms with Crippen LogP contribution >= 0.6 is 0 Å². The molecule has 0 aliphatic carbocycles. The average Bonchev–Trinajstić information content (AvgIpc) is 3.20. The summed E-state index contributed by atoms with van der Waals surface area (Å²) in [5.74, 6) is 0.792. The Labute approximate surface area is 200 Å². The summed E-state index contributed by atoms with van der Waals surface area (Å²) in [4.78, 5) is 29.7. The van der Waals surface area contributed by atoms with Crippen molar-refractivity contribution in [3.05, 3.63) is 80.5 Å². The van der Waals surface area contributed by atoms with Crippen molar-refractivity contribution < 1.29 is 14.9 Å². The molecule has 11 nitrogen and oxygen atoms in total. The molecule has 1 atom stereocenters. The average molecular weight is 479 g/mol. The van der Waals surface area contributed by atoms with Gasteiger partial charge in [0.15, 0.2) is 11.2 Å². The lowest BCUT2D eigenvalue weighted by Crippen LogP contribution is -2.38. The summed E-state index contributed by atoms with van der Waals surface area (Å²) in [6, 6.07) is 14.1. The van der Waals surface area contributed by atoms with Gasteiger partial charge in [-0.15, -0.1) is 0 Å². The van der Waals surface area contributed by atoms with Crippen molar-refractivity contribution >= 4 is 23.3 Å². The second-order valence-electron chi connectivity index (χ2n) is 8.13. The molecule has 1 unspecified atom stereocenters. The zero-order valence-electron chi connectivity index (χ0n) is 19.5. The molecule has 0 radical (unpaired) electrons. The molecule has 0 amide bonds. The van der Waals surface area contributed by atoms with Crippen molar-refractivity contribution in [1.82, 2.24) is 18.7 Å². The number of benzene rings is 2. The van der Waals surface area contributed by atoms with Crippen molar-refractivity contribution in [2.75, 3.05) is 12.0 Å². The van der Waals surface area contributed by atoms with Gasteiger partial charge in [-0.25, -0.2) is 10.2 Å². The van der Waals surface area contributed by atoms with Crippen LogP contribution in [0.3, 0.4) is 0 Å². The number of fused-ring (bicyclic) bond motifs is 1. The fraction of sp³-hybridized carbons (Fsp3) is 0.250. The lowest BCUT2D eigenvalue weighted by Gasteiger charge is -2.15. The van der Waals surface area contributed by atoms with Gasteiger partial charge < -0.3 is 19.5 Å². The number of aliphatic hydroxyl groups excluding tert-OH is 1. The number of nitrogens with one attached hydrogen (secondary N) is 1. The van der Waals surface area contributed by atoms with E-state index in [-0.39, 0.29) is 36.0 Å². The SMILES string of the molecule is Cc1ccc(OCC(O)Cn2c(NN=Cc3ccccc3O)nc3c2c(=O)n(C)c(=O)n3C)cc1. The number of para-hydroxylation sites is 1. The zero-order chi connectivity index (χ0) is 25.1. The summed E-state index contributed by atoms with van der Waals surface area (Å²) in [6.45, 7) is 1.88. The first-order valence-corrected chi connectivity index (χ1v) is 10.9. The van der Waals surface area contributed by atoms with Gasteiger partial charge in [0, 0.05) is 19.7 Å². The number of rotatable bonds is 8. The van der Waals surface area contributed by atoms with E-state index in [1.807, 2.05) is 19.1 Å². The van der Waals surface area contributed by atoms with Crippen molar-refractivity contribution in [3.8, 4) is 11.5 Å². The maximum atomic E-state index is 12.9. The monoisotopic (exact) mass is 478 g/mol. The minimum absolute atomic E-state index is 0.0323. The first-order valence-electron chi connectivity index (χ1n) is 10.9. The molecular weight excluding hydrogens is 452 g/mol. The highest BCUT2D eigenvalue weighted by atomic mass is 16.5. The molecule has 0 bridgehead atoms. The second kappa shape index (κ2) is 9.85. The number of hydrazone groups is 1. The van der Waals surface area contributed by atoms with E-state index < -0.39 is 17.4 Å². The summed E-state index contributed by atoms with van der Waals surface area (Å²) >= 11 is 0. The van der Waals surface area contributed by atoms with E-state index in [1.54, 1.807) is 30.3 Å². The number of aromatic hydroxyl groups is 1. The van der Waals surface area contributed by atoms with Gasteiger partial charge in [-0.3, -0.25) is 13.9 Å². The Bertz CT molecular complexity index is 1500. The molecule has 2 heterocycles. The molecule has 35 heavy (non-hydrogen) atoms. The fourth-order valence-electron chi connectivity index (χ4n) is 3.56. The van der Waals surface area contributed by atoms with E-state index in [9.17, 15) is 19.8 Å². The number of phenolic OH excluding ortho intramolecular Hbond substituents is 1. The van der Waals surface area contributed by atoms with Gasteiger partial charge in [-0.05, 0) is 31.2 Å². The third kappa shape index (κ3) is 4.94. The van der Waals surface area contributed by atoms with Crippen LogP contribution in [0.25, 0.3) is 11.2 Å². The number of imidazole rings is 1. The van der Waals surface area contributed by atoms with Crippen LogP contribution in [0.1, 0.15) is 11.1 Å². The molecule has 0 fully saturated rings. The first-order chi connectivity index (χ1) is 16.8. The summed E-state index contributed by atoms with van der Waals surface area (Å²) in [6.07, 6.45) is 0.394. The summed E-state index contributed by atoms with van der Waals surface area (Å²) in [7, 11) is 2.88. The van der Waals surface area contributed by atoms with Crippen LogP contribution in [0.2, 0.25) is 0 Å². The molecule has 0 spiro atoms. The Morgan fingerprint density at radius 2 is 1.83 bits per heavy atom. The lowest BCUT2D eigenvalue weighted by molar-refractivity contribution is 0.0938. The molecule has 0 saturated carbocycles. The maximum Gasteiger partial charge on any atom is 0.332 e. The van der Waals surface area contributed by atoms with Crippen LogP contribution in [0.5, 0.6) is 11.5 Å². The van der Waals surface area contributed by atoms with Gasteiger partial charge >= 0.3 is 5.69 Å². The third-order valence-electron chi connectivity index (χ3n) is 5.51. The van der Waals surface area contributed by atoms with Crippen molar-refractivity contribution in [1.29, 1.82) is 0 Å². The smallest absolute Gasteiger partial charge is 0.332 e. The van der Waals surface area contributed by atoms with Crippen molar-refractivity contribution in [3.63, 3.8) is 0 Å². The Hall–Kier alpha value is -4.38. The molecular formula is C24H26N6O5. The second-order valence-corrected chi connectivity index (χ2v) is 8.13. The van der Waals surface area contributed by atoms with Crippen molar-refractivity contribution in [2.24, 2.45) is 19.2 Å². The molecule has 3 N–H and O–H groups in total. The highest BCUT2D eigenvalue weighted by Gasteiger charge is 2.21. The molecule has 4 aromatic rings. The predicted octanol–water partition coefficient (Wildman–Crippen LogP) is 1.33. The van der Waals surface area contributed by atoms with E-state index in [4.69, 9.17) is 4.74 Å². The summed E-state index contributed by atoms with van der Waals surface area (Å²) in [5, 5.41) is 24.7. The van der Waals surface area contributed by atoms with Crippen LogP contribution < -0.4 is 21.4 Å². The number of aromatic nitrogens is 4. The molecule has 0 aliphatic rings. The molecule has 11 heteroatoms. The molecule has 2 aromatic heterocycles. The highest BCUT2D eigenvalue weighted by molar-refractivity contribution is 5.83. The van der Waals surface area contributed by atoms with E-state index in [0.717, 1.165) is 10.1 Å². The van der Waals surface area contributed by atoms with Crippen molar-refractivity contribution in [2.45, 2.75) is 19.6 Å². The number of ether oxygens (including phenoxy) is 1. The molecule has 4 rings (SSSR count). The largest absolute Gasteiger partial charge is 0.507 e. The predicted molar refractivity (Wildman–Crippen MR) is 132 cm³/mol. The van der Waals surface area contributed by atoms with E-state index >= 15 is 0 Å². The van der Waals surface area contributed by atoms with Crippen LogP contribution in [-0.4, -0.2) is 47.8 Å². The van der Waals surface area contributed by atoms with Gasteiger partial charge in [-0.1, -0.05) is 29.8 Å². The molecule has 0 aliphatic heterocycles. The van der Waals surface area contributed by atoms with Gasteiger partial charge in [0.25, 0.3) is 5.56 Å². The van der Waals surface area contributed by atoms with Crippen LogP contribution in [0.4, 0.5) is 5.95 Å². The van der Waals surface area contributed by atoms with E-state index in [2.05, 4.69) is 15.5 Å². The third-order valence-corrected chi connectivity index (χ3v) is 5.51. The number of aliphatic hydroxyl groups is 1. The number of hydrogen-bond acceptors (Lipinski definition) is 8. The van der Waals surface area contributed by atoms with E-state index in [0.29, 0.717) is 11.3 Å². The number of phenols is 1. The van der Waals surface area contributed by atoms with Gasteiger partial charge in [0.1, 0.15) is 24.2 Å². The summed E-state index contributed by atoms with van der Waals surface area (Å²) < 4.78 is 9.36. The number of aryl methyl sites for hydroxylation is 2. The topological polar surface area (TPSA) is 136 Å². The lowest BCUT2D eigenvalue weighted by atomic mass is 10.2. The van der Waals surface area contributed by atoms with E-state index in [1.165, 1.54) is 35.5 Å². The van der Waals surface area contributed by atoms with Gasteiger partial charge in [-0.2, -0.15) is 10.1 Å². The quantitative estimate of drug-likeness (QED) is 0.257. The molecule has 2 aromatic carbocycles. The number of nitrogens with zero attached hydrogens (tertiary/aromatic N) is 5. The Morgan fingerprint density at radius 3 is 2.54 bits per heavy atom. The molecule has 182 valence electrons. The van der Waals surface area contributed by atoms with Crippen LogP contribution in [0.15, 0.2) is 63.2 Å². The van der Waals surface area contributed by atoms with Crippen LogP contribution in [-0.2, 0) is 20.6 Å². The zero-order valence-corrected chi connectivity index (χ0v) is 19.5. The Balaban J connectivity index is 1.66. The molecule has 0 saturated heterocycles. The van der Waals surface area contributed by atoms with Crippen LogP contribution in [0, 0.1) is 6.92 Å².